The minimum atomic E-state index is -0.916. The summed E-state index contributed by atoms with van der Waals surface area (Å²) in [5, 5.41) is 14.3. The Morgan fingerprint density at radius 2 is 1.89 bits per heavy atom. The minimum absolute atomic E-state index is 0.0886. The lowest BCUT2D eigenvalue weighted by atomic mass is 9.97. The molecule has 19 heavy (non-hydrogen) atoms. The van der Waals surface area contributed by atoms with E-state index >= 15 is 0 Å². The highest BCUT2D eigenvalue weighted by atomic mass is 16.4. The molecule has 0 aromatic heterocycles. The van der Waals surface area contributed by atoms with Crippen LogP contribution in [0.1, 0.15) is 33.1 Å². The van der Waals surface area contributed by atoms with Gasteiger partial charge in [0, 0.05) is 12.1 Å². The number of urea groups is 1. The number of carboxylic acid groups (broad SMARTS) is 1. The fourth-order valence-electron chi connectivity index (χ4n) is 2.28. The molecule has 0 aromatic carbocycles. The molecule has 1 heterocycles. The Kier molecular flexibility index (Phi) is 5.60. The van der Waals surface area contributed by atoms with E-state index in [1.807, 2.05) is 0 Å². The van der Waals surface area contributed by atoms with Crippen molar-refractivity contribution in [1.82, 2.24) is 15.5 Å². The van der Waals surface area contributed by atoms with E-state index in [0.717, 1.165) is 25.9 Å². The third kappa shape index (κ3) is 6.42. The molecule has 0 aliphatic carbocycles. The highest BCUT2D eigenvalue weighted by molar-refractivity contribution is 5.76. The molecule has 6 heteroatoms. The summed E-state index contributed by atoms with van der Waals surface area (Å²) in [6.45, 7) is 6.20. The zero-order chi connectivity index (χ0) is 14.5. The number of aliphatic carboxylic acids is 1. The molecule has 1 aliphatic rings. The van der Waals surface area contributed by atoms with Gasteiger partial charge < -0.3 is 20.6 Å². The predicted octanol–water partition coefficient (Wildman–Crippen LogP) is 0.881. The van der Waals surface area contributed by atoms with Gasteiger partial charge in [-0.2, -0.15) is 0 Å². The first-order valence-corrected chi connectivity index (χ1v) is 6.75. The van der Waals surface area contributed by atoms with E-state index in [1.165, 1.54) is 0 Å². The van der Waals surface area contributed by atoms with E-state index in [9.17, 15) is 9.59 Å². The summed E-state index contributed by atoms with van der Waals surface area (Å²) in [7, 11) is 2.10. The van der Waals surface area contributed by atoms with Gasteiger partial charge >= 0.3 is 12.0 Å². The molecule has 0 atom stereocenters. The fraction of sp³-hybridized carbons (Fsp3) is 0.846. The van der Waals surface area contributed by atoms with E-state index in [0.29, 0.717) is 12.5 Å². The smallest absolute Gasteiger partial charge is 0.315 e. The molecule has 6 nitrogen and oxygen atoms in total. The van der Waals surface area contributed by atoms with E-state index < -0.39 is 11.5 Å². The maximum Gasteiger partial charge on any atom is 0.315 e. The zero-order valence-electron chi connectivity index (χ0n) is 12.0. The van der Waals surface area contributed by atoms with Crippen molar-refractivity contribution in [3.05, 3.63) is 0 Å². The SMILES string of the molecule is CN1CCC(CNC(=O)NC(C)(C)CC(=O)O)CC1. The normalized spacial score (nSPS) is 18.1. The number of nitrogens with zero attached hydrogens (tertiary/aromatic N) is 1. The van der Waals surface area contributed by atoms with Crippen LogP contribution in [0.2, 0.25) is 0 Å². The summed E-state index contributed by atoms with van der Waals surface area (Å²) in [6.07, 6.45) is 2.10. The molecule has 110 valence electrons. The maximum atomic E-state index is 11.7. The Labute approximate surface area is 114 Å². The number of carboxylic acids is 1. The second kappa shape index (κ2) is 6.75. The van der Waals surface area contributed by atoms with Crippen LogP contribution in [0.25, 0.3) is 0 Å². The number of carbonyl (C=O) groups is 2. The molecule has 1 rings (SSSR count). The van der Waals surface area contributed by atoms with Gasteiger partial charge in [0.15, 0.2) is 0 Å². The molecule has 1 aliphatic heterocycles. The van der Waals surface area contributed by atoms with Crippen LogP contribution in [0.4, 0.5) is 4.79 Å². The van der Waals surface area contributed by atoms with Gasteiger partial charge in [-0.15, -0.1) is 0 Å². The Hall–Kier alpha value is -1.30. The van der Waals surface area contributed by atoms with Gasteiger partial charge in [0.2, 0.25) is 0 Å². The Morgan fingerprint density at radius 3 is 2.42 bits per heavy atom. The first-order chi connectivity index (χ1) is 8.78. The summed E-state index contributed by atoms with van der Waals surface area (Å²) in [5.41, 5.74) is -0.733. The highest BCUT2D eigenvalue weighted by Gasteiger charge is 2.24. The van der Waals surface area contributed by atoms with Crippen molar-refractivity contribution < 1.29 is 14.7 Å². The van der Waals surface area contributed by atoms with E-state index in [1.54, 1.807) is 13.8 Å². The number of likely N-dealkylation sites (tertiary alicyclic amines) is 1. The lowest BCUT2D eigenvalue weighted by Gasteiger charge is -2.30. The van der Waals surface area contributed by atoms with Crippen molar-refractivity contribution in [1.29, 1.82) is 0 Å². The van der Waals surface area contributed by atoms with Gasteiger partial charge in [-0.05, 0) is 52.7 Å². The number of nitrogens with one attached hydrogen (secondary N) is 2. The second-order valence-electron chi connectivity index (χ2n) is 6.04. The second-order valence-corrected chi connectivity index (χ2v) is 6.04. The van der Waals surface area contributed by atoms with Gasteiger partial charge in [0.1, 0.15) is 0 Å². The van der Waals surface area contributed by atoms with Gasteiger partial charge in [0.25, 0.3) is 0 Å². The number of hydrogen-bond acceptors (Lipinski definition) is 3. The topological polar surface area (TPSA) is 81.7 Å². The van der Waals surface area contributed by atoms with E-state index in [4.69, 9.17) is 5.11 Å². The zero-order valence-corrected chi connectivity index (χ0v) is 12.0. The molecule has 0 bridgehead atoms. The summed E-state index contributed by atoms with van der Waals surface area (Å²) in [5.74, 6) is -0.398. The third-order valence-corrected chi connectivity index (χ3v) is 3.43. The highest BCUT2D eigenvalue weighted by Crippen LogP contribution is 2.14. The van der Waals surface area contributed by atoms with E-state index in [-0.39, 0.29) is 12.5 Å². The van der Waals surface area contributed by atoms with Gasteiger partial charge in [-0.3, -0.25) is 4.79 Å². The van der Waals surface area contributed by atoms with Crippen LogP contribution in [0.15, 0.2) is 0 Å². The molecule has 1 saturated heterocycles. The summed E-state index contributed by atoms with van der Waals surface area (Å²) < 4.78 is 0. The van der Waals surface area contributed by atoms with Crippen molar-refractivity contribution in [3.8, 4) is 0 Å². The van der Waals surface area contributed by atoms with Crippen LogP contribution >= 0.6 is 0 Å². The number of carbonyl (C=O) groups excluding carboxylic acids is 1. The Bertz CT molecular complexity index is 323. The lowest BCUT2D eigenvalue weighted by Crippen LogP contribution is -2.50. The monoisotopic (exact) mass is 271 g/mol. The van der Waals surface area contributed by atoms with Crippen LogP contribution < -0.4 is 10.6 Å². The van der Waals surface area contributed by atoms with Crippen LogP contribution in [0.5, 0.6) is 0 Å². The standard InChI is InChI=1S/C13H25N3O3/c1-13(2,8-11(17)18)15-12(19)14-9-10-4-6-16(3)7-5-10/h10H,4-9H2,1-3H3,(H,17,18)(H2,14,15,19). The maximum absolute atomic E-state index is 11.7. The predicted molar refractivity (Wildman–Crippen MR) is 73.1 cm³/mol. The molecule has 0 radical (unpaired) electrons. The average molecular weight is 271 g/mol. The Morgan fingerprint density at radius 1 is 1.32 bits per heavy atom. The van der Waals surface area contributed by atoms with Crippen LogP contribution in [-0.4, -0.2) is 54.2 Å². The van der Waals surface area contributed by atoms with Gasteiger partial charge in [-0.25, -0.2) is 4.79 Å². The van der Waals surface area contributed by atoms with Crippen molar-refractivity contribution in [2.45, 2.75) is 38.6 Å². The summed E-state index contributed by atoms with van der Waals surface area (Å²) >= 11 is 0. The van der Waals surface area contributed by atoms with Crippen LogP contribution in [-0.2, 0) is 4.79 Å². The molecule has 0 saturated carbocycles. The largest absolute Gasteiger partial charge is 0.481 e. The molecule has 0 unspecified atom stereocenters. The lowest BCUT2D eigenvalue weighted by molar-refractivity contribution is -0.138. The first-order valence-electron chi connectivity index (χ1n) is 6.75. The first kappa shape index (κ1) is 15.8. The molecule has 1 fully saturated rings. The summed E-state index contributed by atoms with van der Waals surface area (Å²) in [4.78, 5) is 24.7. The summed E-state index contributed by atoms with van der Waals surface area (Å²) in [6, 6.07) is -0.287. The number of piperidine rings is 1. The number of rotatable bonds is 5. The molecule has 0 spiro atoms. The quantitative estimate of drug-likeness (QED) is 0.693. The molecular weight excluding hydrogens is 246 g/mol. The number of amides is 2. The minimum Gasteiger partial charge on any atom is -0.481 e. The van der Waals surface area contributed by atoms with Gasteiger partial charge in [0.05, 0.1) is 6.42 Å². The third-order valence-electron chi connectivity index (χ3n) is 3.43. The number of hydrogen-bond donors (Lipinski definition) is 3. The van der Waals surface area contributed by atoms with Gasteiger partial charge in [-0.1, -0.05) is 0 Å². The van der Waals surface area contributed by atoms with Crippen LogP contribution in [0.3, 0.4) is 0 Å². The fourth-order valence-corrected chi connectivity index (χ4v) is 2.28. The molecule has 3 N–H and O–H groups in total. The van der Waals surface area contributed by atoms with Crippen molar-refractivity contribution >= 4 is 12.0 Å². The van der Waals surface area contributed by atoms with E-state index in [2.05, 4.69) is 22.6 Å². The van der Waals surface area contributed by atoms with Crippen molar-refractivity contribution in [2.75, 3.05) is 26.7 Å². The van der Waals surface area contributed by atoms with Crippen LogP contribution in [0, 0.1) is 5.92 Å². The molecular formula is C13H25N3O3. The molecule has 0 aromatic rings. The van der Waals surface area contributed by atoms with Crippen molar-refractivity contribution in [3.63, 3.8) is 0 Å². The Balaban J connectivity index is 2.26. The average Bonchev–Trinajstić information content (AvgIpc) is 2.25. The molecule has 2 amide bonds. The van der Waals surface area contributed by atoms with Crippen molar-refractivity contribution in [2.24, 2.45) is 5.92 Å².